The Labute approximate surface area is 272 Å². The van der Waals surface area contributed by atoms with Crippen LogP contribution in [0.5, 0.6) is 5.75 Å². The molecule has 0 aliphatic rings. The number of nitrogens with one attached hydrogen (secondary N) is 2. The van der Waals surface area contributed by atoms with Gasteiger partial charge in [0.2, 0.25) is 5.91 Å². The number of hydrogen-bond acceptors (Lipinski definition) is 6. The van der Waals surface area contributed by atoms with Crippen LogP contribution < -0.4 is 15.4 Å². The molecule has 1 aromatic heterocycles. The van der Waals surface area contributed by atoms with Crippen LogP contribution in [0.3, 0.4) is 0 Å². The summed E-state index contributed by atoms with van der Waals surface area (Å²) in [6.45, 7) is 10.7. The van der Waals surface area contributed by atoms with Gasteiger partial charge in [0.25, 0.3) is 5.24 Å². The van der Waals surface area contributed by atoms with E-state index in [-0.39, 0.29) is 17.1 Å². The first-order chi connectivity index (χ1) is 21.6. The standard InChI is InChI=1S/C21H26N2O3S.C11H10.C5H11NO/c1-15(2)17-6-7-18(23-13-17)10-11-26-19-8-4-16(5-9-19)12-20(14-24)27-21(25)22-3;1-9-6-7-10-4-2-3-5-11(10)8-9;1-4(2)5(7)6-3/h4-9,13-15,20H,10-12H2,1-3H3,(H,22,25);2-8H,1H3;4H,1-3H3,(H,6,7). The number of aromatic nitrogens is 1. The Bertz CT molecular complexity index is 1470. The van der Waals surface area contributed by atoms with Crippen LogP contribution in [-0.4, -0.2) is 48.4 Å². The molecule has 0 saturated heterocycles. The number of benzene rings is 3. The molecule has 7 nitrogen and oxygen atoms in total. The maximum absolute atomic E-state index is 11.4. The quantitative estimate of drug-likeness (QED) is 0.176. The van der Waals surface area contributed by atoms with Crippen LogP contribution in [0.2, 0.25) is 0 Å². The Morgan fingerprint density at radius 3 is 2.11 bits per heavy atom. The Morgan fingerprint density at radius 2 is 1.58 bits per heavy atom. The maximum atomic E-state index is 11.4. The fourth-order valence-corrected chi connectivity index (χ4v) is 4.79. The number of pyridine rings is 1. The van der Waals surface area contributed by atoms with Crippen LogP contribution in [0.25, 0.3) is 10.8 Å². The van der Waals surface area contributed by atoms with Gasteiger partial charge in [-0.25, -0.2) is 0 Å². The Kier molecular flexibility index (Phi) is 16.4. The van der Waals surface area contributed by atoms with Crippen LogP contribution in [0.4, 0.5) is 4.79 Å². The highest BCUT2D eigenvalue weighted by atomic mass is 32.2. The first kappa shape index (κ1) is 37.0. The molecule has 240 valence electrons. The van der Waals surface area contributed by atoms with Crippen molar-refractivity contribution in [3.63, 3.8) is 0 Å². The van der Waals surface area contributed by atoms with Crippen molar-refractivity contribution in [2.24, 2.45) is 5.92 Å². The summed E-state index contributed by atoms with van der Waals surface area (Å²) in [6.07, 6.45) is 3.99. The molecular formula is C37H47N3O4S. The SMILES string of the molecule is CNC(=O)C(C)C.CNC(=O)SC(C=O)Cc1ccc(OCCc2ccc(C(C)C)cn2)cc1.Cc1ccc2ccccc2c1. The Hall–Kier alpha value is -4.17. The molecule has 2 N–H and O–H groups in total. The van der Waals surface area contributed by atoms with Gasteiger partial charge in [0.15, 0.2) is 0 Å². The van der Waals surface area contributed by atoms with Crippen molar-refractivity contribution in [1.82, 2.24) is 15.6 Å². The topological polar surface area (TPSA) is 97.4 Å². The fraction of sp³-hybridized carbons (Fsp3) is 0.351. The summed E-state index contributed by atoms with van der Waals surface area (Å²) in [5.74, 6) is 1.47. The lowest BCUT2D eigenvalue weighted by molar-refractivity contribution is -0.123. The molecule has 0 aliphatic carbocycles. The van der Waals surface area contributed by atoms with Crippen molar-refractivity contribution < 1.29 is 19.1 Å². The number of aldehydes is 1. The van der Waals surface area contributed by atoms with Crippen molar-refractivity contribution in [1.29, 1.82) is 0 Å². The predicted octanol–water partition coefficient (Wildman–Crippen LogP) is 7.55. The lowest BCUT2D eigenvalue weighted by Crippen LogP contribution is -2.22. The number of rotatable bonds is 10. The zero-order valence-corrected chi connectivity index (χ0v) is 28.3. The van der Waals surface area contributed by atoms with E-state index in [1.165, 1.54) is 21.9 Å². The monoisotopic (exact) mass is 629 g/mol. The third kappa shape index (κ3) is 14.0. The number of fused-ring (bicyclic) bond motifs is 1. The molecule has 1 unspecified atom stereocenters. The summed E-state index contributed by atoms with van der Waals surface area (Å²) < 4.78 is 5.78. The van der Waals surface area contributed by atoms with Crippen LogP contribution >= 0.6 is 11.8 Å². The molecule has 4 aromatic rings. The summed E-state index contributed by atoms with van der Waals surface area (Å²) >= 11 is 1.00. The van der Waals surface area contributed by atoms with Gasteiger partial charge in [0.05, 0.1) is 11.9 Å². The lowest BCUT2D eigenvalue weighted by Gasteiger charge is -2.10. The second kappa shape index (κ2) is 20.0. The second-order valence-electron chi connectivity index (χ2n) is 11.1. The van der Waals surface area contributed by atoms with Gasteiger partial charge < -0.3 is 20.2 Å². The number of nitrogens with zero attached hydrogens (tertiary/aromatic N) is 1. The van der Waals surface area contributed by atoms with E-state index in [0.717, 1.165) is 41.5 Å². The highest BCUT2D eigenvalue weighted by Gasteiger charge is 2.13. The molecule has 2 amide bonds. The van der Waals surface area contributed by atoms with Gasteiger partial charge in [-0.2, -0.15) is 0 Å². The predicted molar refractivity (Wildman–Crippen MR) is 187 cm³/mol. The van der Waals surface area contributed by atoms with E-state index in [0.29, 0.717) is 18.9 Å². The number of hydrogen-bond donors (Lipinski definition) is 2. The normalized spacial score (nSPS) is 11.0. The lowest BCUT2D eigenvalue weighted by atomic mass is 10.1. The smallest absolute Gasteiger partial charge is 0.279 e. The van der Waals surface area contributed by atoms with Gasteiger partial charge in [-0.05, 0) is 59.4 Å². The average molecular weight is 630 g/mol. The molecule has 0 radical (unpaired) electrons. The van der Waals surface area contributed by atoms with Crippen LogP contribution in [0.15, 0.2) is 85.1 Å². The molecule has 0 aliphatic heterocycles. The van der Waals surface area contributed by atoms with E-state index in [1.54, 1.807) is 14.1 Å². The third-order valence-electron chi connectivity index (χ3n) is 6.79. The van der Waals surface area contributed by atoms with Crippen LogP contribution in [0.1, 0.15) is 56.0 Å². The molecule has 1 heterocycles. The van der Waals surface area contributed by atoms with Gasteiger partial charge in [0, 0.05) is 38.3 Å². The van der Waals surface area contributed by atoms with Crippen molar-refractivity contribution in [2.45, 2.75) is 58.6 Å². The summed E-state index contributed by atoms with van der Waals surface area (Å²) in [5.41, 5.74) is 4.56. The van der Waals surface area contributed by atoms with Crippen molar-refractivity contribution in [3.05, 3.63) is 107 Å². The first-order valence-electron chi connectivity index (χ1n) is 15.2. The van der Waals surface area contributed by atoms with Gasteiger partial charge >= 0.3 is 0 Å². The van der Waals surface area contributed by atoms with E-state index in [1.807, 2.05) is 50.4 Å². The van der Waals surface area contributed by atoms with E-state index in [9.17, 15) is 14.4 Å². The minimum atomic E-state index is -0.392. The van der Waals surface area contributed by atoms with Gasteiger partial charge in [-0.1, -0.05) is 106 Å². The molecule has 0 fully saturated rings. The number of aryl methyl sites for hydroxylation is 1. The summed E-state index contributed by atoms with van der Waals surface area (Å²) in [4.78, 5) is 37.4. The van der Waals surface area contributed by atoms with Crippen molar-refractivity contribution >= 4 is 40.0 Å². The molecular weight excluding hydrogens is 582 g/mol. The molecule has 1 atom stereocenters. The molecule has 0 bridgehead atoms. The van der Waals surface area contributed by atoms with Crippen molar-refractivity contribution in [2.75, 3.05) is 20.7 Å². The third-order valence-corrected chi connectivity index (χ3v) is 7.79. The van der Waals surface area contributed by atoms with E-state index >= 15 is 0 Å². The zero-order chi connectivity index (χ0) is 33.2. The molecule has 45 heavy (non-hydrogen) atoms. The molecule has 0 saturated carbocycles. The molecule has 3 aromatic carbocycles. The van der Waals surface area contributed by atoms with E-state index in [4.69, 9.17) is 4.74 Å². The number of carbonyl (C=O) groups is 3. The first-order valence-corrected chi connectivity index (χ1v) is 16.1. The zero-order valence-electron chi connectivity index (χ0n) is 27.5. The number of thioether (sulfide) groups is 1. The van der Waals surface area contributed by atoms with Gasteiger partial charge in [-0.3, -0.25) is 14.6 Å². The fourth-order valence-electron chi connectivity index (χ4n) is 4.06. The summed E-state index contributed by atoms with van der Waals surface area (Å²) in [6, 6.07) is 26.7. The minimum Gasteiger partial charge on any atom is -0.493 e. The summed E-state index contributed by atoms with van der Waals surface area (Å²) in [5, 5.41) is 7.08. The molecule has 0 spiro atoms. The minimum absolute atomic E-state index is 0.0972. The van der Waals surface area contributed by atoms with E-state index < -0.39 is 5.25 Å². The van der Waals surface area contributed by atoms with Crippen LogP contribution in [0, 0.1) is 12.8 Å². The summed E-state index contributed by atoms with van der Waals surface area (Å²) in [7, 11) is 3.19. The largest absolute Gasteiger partial charge is 0.493 e. The highest BCUT2D eigenvalue weighted by molar-refractivity contribution is 8.14. The van der Waals surface area contributed by atoms with E-state index in [2.05, 4.69) is 84.9 Å². The molecule has 4 rings (SSSR count). The highest BCUT2D eigenvalue weighted by Crippen LogP contribution is 2.19. The van der Waals surface area contributed by atoms with Gasteiger partial charge in [-0.15, -0.1) is 0 Å². The number of ether oxygens (including phenoxy) is 1. The maximum Gasteiger partial charge on any atom is 0.279 e. The number of carbonyl (C=O) groups excluding carboxylic acids is 3. The second-order valence-corrected chi connectivity index (χ2v) is 12.3. The Morgan fingerprint density at radius 1 is 0.889 bits per heavy atom. The Balaban J connectivity index is 0.000000317. The molecule has 8 heteroatoms. The van der Waals surface area contributed by atoms with Crippen LogP contribution in [-0.2, 0) is 22.4 Å². The average Bonchev–Trinajstić information content (AvgIpc) is 3.05. The van der Waals surface area contributed by atoms with Gasteiger partial charge in [0.1, 0.15) is 12.0 Å². The van der Waals surface area contributed by atoms with Crippen molar-refractivity contribution in [3.8, 4) is 5.75 Å². The number of amides is 2.